The second-order valence-electron chi connectivity index (χ2n) is 5.86. The first-order chi connectivity index (χ1) is 9.47. The third-order valence-corrected chi connectivity index (χ3v) is 3.46. The number of hydrogen-bond donors (Lipinski definition) is 1. The maximum absolute atomic E-state index is 5.98. The number of aryl methyl sites for hydroxylation is 1. The first-order valence-corrected chi connectivity index (χ1v) is 7.41. The summed E-state index contributed by atoms with van der Waals surface area (Å²) in [6.07, 6.45) is 1.36. The molecule has 0 aliphatic heterocycles. The number of rotatable bonds is 8. The summed E-state index contributed by atoms with van der Waals surface area (Å²) in [7, 11) is 3.67. The highest BCUT2D eigenvalue weighted by molar-refractivity contribution is 5.39. The molecule has 20 heavy (non-hydrogen) atoms. The number of methoxy groups -OCH3 is 1. The minimum absolute atomic E-state index is 0.152. The zero-order chi connectivity index (χ0) is 15.1. The smallest absolute Gasteiger partial charge is 0.123 e. The van der Waals surface area contributed by atoms with Crippen molar-refractivity contribution in [2.45, 2.75) is 46.3 Å². The minimum Gasteiger partial charge on any atom is -0.496 e. The fraction of sp³-hybridized carbons (Fsp3) is 0.647. The third-order valence-electron chi connectivity index (χ3n) is 3.46. The predicted molar refractivity (Wildman–Crippen MR) is 84.4 cm³/mol. The van der Waals surface area contributed by atoms with Crippen LogP contribution >= 0.6 is 0 Å². The molecule has 3 heteroatoms. The normalized spacial score (nSPS) is 14.3. The maximum atomic E-state index is 5.98. The topological polar surface area (TPSA) is 30.5 Å². The van der Waals surface area contributed by atoms with Crippen LogP contribution in [0.1, 0.15) is 44.4 Å². The van der Waals surface area contributed by atoms with Gasteiger partial charge in [-0.1, -0.05) is 31.5 Å². The van der Waals surface area contributed by atoms with Gasteiger partial charge in [0.25, 0.3) is 0 Å². The molecule has 1 aromatic rings. The molecule has 1 N–H and O–H groups in total. The fourth-order valence-electron chi connectivity index (χ4n) is 2.45. The van der Waals surface area contributed by atoms with Gasteiger partial charge in [-0.05, 0) is 39.3 Å². The largest absolute Gasteiger partial charge is 0.496 e. The Labute approximate surface area is 123 Å². The molecular weight excluding hydrogens is 250 g/mol. The van der Waals surface area contributed by atoms with Crippen LogP contribution in [0.15, 0.2) is 18.2 Å². The van der Waals surface area contributed by atoms with E-state index in [2.05, 4.69) is 45.1 Å². The summed E-state index contributed by atoms with van der Waals surface area (Å²) in [5.74, 6) is 1.57. The van der Waals surface area contributed by atoms with Crippen LogP contribution in [0.4, 0.5) is 0 Å². The molecule has 0 fully saturated rings. The average molecular weight is 279 g/mol. The van der Waals surface area contributed by atoms with Gasteiger partial charge in [0.05, 0.1) is 25.9 Å². The predicted octanol–water partition coefficient (Wildman–Crippen LogP) is 3.72. The summed E-state index contributed by atoms with van der Waals surface area (Å²) in [5, 5.41) is 3.32. The van der Waals surface area contributed by atoms with E-state index in [1.807, 2.05) is 13.1 Å². The molecule has 2 atom stereocenters. The van der Waals surface area contributed by atoms with Crippen LogP contribution in [0.3, 0.4) is 0 Å². The zero-order valence-corrected chi connectivity index (χ0v) is 13.7. The van der Waals surface area contributed by atoms with E-state index in [-0.39, 0.29) is 12.1 Å². The van der Waals surface area contributed by atoms with Crippen LogP contribution in [-0.4, -0.2) is 26.9 Å². The molecule has 0 aliphatic carbocycles. The minimum atomic E-state index is 0.152. The van der Waals surface area contributed by atoms with Gasteiger partial charge in [0, 0.05) is 5.56 Å². The van der Waals surface area contributed by atoms with Gasteiger partial charge in [-0.25, -0.2) is 0 Å². The number of ether oxygens (including phenoxy) is 2. The van der Waals surface area contributed by atoms with Crippen molar-refractivity contribution < 1.29 is 9.47 Å². The van der Waals surface area contributed by atoms with Gasteiger partial charge in [0.1, 0.15) is 5.75 Å². The molecule has 114 valence electrons. The monoisotopic (exact) mass is 279 g/mol. The molecule has 0 radical (unpaired) electrons. The molecule has 0 spiro atoms. The van der Waals surface area contributed by atoms with Crippen molar-refractivity contribution in [3.8, 4) is 5.75 Å². The molecule has 0 saturated carbocycles. The molecule has 1 rings (SSSR count). The van der Waals surface area contributed by atoms with Crippen LogP contribution in [0.5, 0.6) is 5.75 Å². The van der Waals surface area contributed by atoms with Crippen LogP contribution in [0.25, 0.3) is 0 Å². The molecule has 2 unspecified atom stereocenters. The lowest BCUT2D eigenvalue weighted by molar-refractivity contribution is 0.0379. The van der Waals surface area contributed by atoms with Crippen molar-refractivity contribution in [1.29, 1.82) is 0 Å². The Morgan fingerprint density at radius 1 is 1.20 bits per heavy atom. The highest BCUT2D eigenvalue weighted by Crippen LogP contribution is 2.27. The molecular formula is C17H29NO2. The van der Waals surface area contributed by atoms with E-state index >= 15 is 0 Å². The Hall–Kier alpha value is -1.06. The molecule has 1 aromatic carbocycles. The quantitative estimate of drug-likeness (QED) is 0.787. The van der Waals surface area contributed by atoms with Gasteiger partial charge in [0.15, 0.2) is 0 Å². The second kappa shape index (κ2) is 8.28. The van der Waals surface area contributed by atoms with E-state index in [4.69, 9.17) is 9.47 Å². The van der Waals surface area contributed by atoms with Crippen molar-refractivity contribution in [3.63, 3.8) is 0 Å². The fourth-order valence-corrected chi connectivity index (χ4v) is 2.45. The van der Waals surface area contributed by atoms with Crippen molar-refractivity contribution >= 4 is 0 Å². The van der Waals surface area contributed by atoms with Crippen molar-refractivity contribution in [3.05, 3.63) is 29.3 Å². The van der Waals surface area contributed by atoms with Crippen LogP contribution in [-0.2, 0) is 4.74 Å². The van der Waals surface area contributed by atoms with Crippen LogP contribution in [0, 0.1) is 12.8 Å². The lowest BCUT2D eigenvalue weighted by Gasteiger charge is -2.23. The molecule has 0 aromatic heterocycles. The maximum Gasteiger partial charge on any atom is 0.123 e. The summed E-state index contributed by atoms with van der Waals surface area (Å²) in [5.41, 5.74) is 2.39. The molecule has 0 bridgehead atoms. The van der Waals surface area contributed by atoms with Crippen molar-refractivity contribution in [2.24, 2.45) is 5.92 Å². The zero-order valence-electron chi connectivity index (χ0n) is 13.7. The first kappa shape index (κ1) is 17.0. The number of hydrogen-bond acceptors (Lipinski definition) is 3. The van der Waals surface area contributed by atoms with Gasteiger partial charge in [-0.2, -0.15) is 0 Å². The van der Waals surface area contributed by atoms with Crippen molar-refractivity contribution in [1.82, 2.24) is 5.32 Å². The Balaban J connectivity index is 2.73. The van der Waals surface area contributed by atoms with E-state index in [1.54, 1.807) is 7.11 Å². The Morgan fingerprint density at radius 3 is 2.45 bits per heavy atom. The summed E-state index contributed by atoms with van der Waals surface area (Å²) in [6, 6.07) is 6.40. The average Bonchev–Trinajstić information content (AvgIpc) is 2.39. The van der Waals surface area contributed by atoms with Gasteiger partial charge in [-0.15, -0.1) is 0 Å². The van der Waals surface area contributed by atoms with Crippen LogP contribution in [0.2, 0.25) is 0 Å². The lowest BCUT2D eigenvalue weighted by atomic mass is 10.0. The summed E-state index contributed by atoms with van der Waals surface area (Å²) < 4.78 is 11.4. The van der Waals surface area contributed by atoms with Gasteiger partial charge in [0.2, 0.25) is 0 Å². The number of likely N-dealkylation sites (N-methyl/N-ethyl adjacent to an activating group) is 1. The molecule has 3 nitrogen and oxygen atoms in total. The van der Waals surface area contributed by atoms with E-state index in [0.717, 1.165) is 17.7 Å². The van der Waals surface area contributed by atoms with Gasteiger partial charge < -0.3 is 14.8 Å². The summed E-state index contributed by atoms with van der Waals surface area (Å²) in [4.78, 5) is 0. The molecule has 0 aliphatic rings. The Kier molecular flexibility index (Phi) is 7.03. The molecule has 0 heterocycles. The second-order valence-corrected chi connectivity index (χ2v) is 5.86. The Bertz CT molecular complexity index is 404. The standard InChI is InChI=1S/C17H29NO2/c1-12(2)9-14(4)20-11-16(18-5)15-10-13(3)7-8-17(15)19-6/h7-8,10,12,14,16,18H,9,11H2,1-6H3. The SMILES string of the molecule is CNC(COC(C)CC(C)C)c1cc(C)ccc1OC. The van der Waals surface area contributed by atoms with Crippen molar-refractivity contribution in [2.75, 3.05) is 20.8 Å². The van der Waals surface area contributed by atoms with Crippen LogP contribution < -0.4 is 10.1 Å². The highest BCUT2D eigenvalue weighted by Gasteiger charge is 2.16. The van der Waals surface area contributed by atoms with E-state index in [9.17, 15) is 0 Å². The van der Waals surface area contributed by atoms with E-state index in [1.165, 1.54) is 5.56 Å². The molecule has 0 amide bonds. The van der Waals surface area contributed by atoms with E-state index < -0.39 is 0 Å². The summed E-state index contributed by atoms with van der Waals surface area (Å²) >= 11 is 0. The van der Waals surface area contributed by atoms with E-state index in [0.29, 0.717) is 12.5 Å². The first-order valence-electron chi connectivity index (χ1n) is 7.41. The third kappa shape index (κ3) is 5.14. The van der Waals surface area contributed by atoms with Gasteiger partial charge >= 0.3 is 0 Å². The Morgan fingerprint density at radius 2 is 1.90 bits per heavy atom. The number of nitrogens with one attached hydrogen (secondary N) is 1. The van der Waals surface area contributed by atoms with Gasteiger partial charge in [-0.3, -0.25) is 0 Å². The summed E-state index contributed by atoms with van der Waals surface area (Å²) in [6.45, 7) is 9.33. The molecule has 0 saturated heterocycles. The highest BCUT2D eigenvalue weighted by atomic mass is 16.5. The lowest BCUT2D eigenvalue weighted by Crippen LogP contribution is -2.25. The number of benzene rings is 1.